The first-order valence-corrected chi connectivity index (χ1v) is 6.90. The minimum atomic E-state index is -4.41. The van der Waals surface area contributed by atoms with Crippen LogP contribution in [0.1, 0.15) is 28.9 Å². The highest BCUT2D eigenvalue weighted by Crippen LogP contribution is 2.21. The van der Waals surface area contributed by atoms with Crippen LogP contribution in [0.5, 0.6) is 5.75 Å². The molecule has 0 fully saturated rings. The van der Waals surface area contributed by atoms with Gasteiger partial charge < -0.3 is 10.1 Å². The summed E-state index contributed by atoms with van der Waals surface area (Å²) in [6.45, 7) is 0.308. The maximum atomic E-state index is 12.1. The summed E-state index contributed by atoms with van der Waals surface area (Å²) >= 11 is 0. The molecule has 1 heterocycles. The maximum Gasteiger partial charge on any atom is 0.422 e. The molecule has 1 atom stereocenters. The van der Waals surface area contributed by atoms with Crippen LogP contribution in [0.15, 0.2) is 41.5 Å². The molecule has 2 rings (SSSR count). The van der Waals surface area contributed by atoms with Gasteiger partial charge in [-0.1, -0.05) is 12.1 Å². The number of amides is 1. The standard InChI is InChI=1S/C15H14F3N3O3/c1-9(21-14(23)12-6-19-20-7-13(12)22)10-2-4-11(5-3-10)24-8-15(16,17)18/h2-7,9H,8H2,1H3,(H,19,22)(H,21,23). The summed E-state index contributed by atoms with van der Waals surface area (Å²) in [4.78, 5) is 23.5. The zero-order chi connectivity index (χ0) is 17.7. The second kappa shape index (κ2) is 7.16. The minimum Gasteiger partial charge on any atom is -0.484 e. The van der Waals surface area contributed by atoms with Crippen molar-refractivity contribution in [2.45, 2.75) is 19.1 Å². The summed E-state index contributed by atoms with van der Waals surface area (Å²) in [7, 11) is 0. The van der Waals surface area contributed by atoms with Gasteiger partial charge >= 0.3 is 6.18 Å². The quantitative estimate of drug-likeness (QED) is 0.873. The molecule has 1 aromatic carbocycles. The number of rotatable bonds is 5. The number of ether oxygens (including phenoxy) is 1. The lowest BCUT2D eigenvalue weighted by atomic mass is 10.1. The minimum absolute atomic E-state index is 0.0696. The average Bonchev–Trinajstić information content (AvgIpc) is 2.53. The van der Waals surface area contributed by atoms with Gasteiger partial charge in [-0.2, -0.15) is 18.3 Å². The predicted octanol–water partition coefficient (Wildman–Crippen LogP) is 2.20. The lowest BCUT2D eigenvalue weighted by Crippen LogP contribution is -2.31. The van der Waals surface area contributed by atoms with Gasteiger partial charge in [-0.25, -0.2) is 0 Å². The Labute approximate surface area is 134 Å². The van der Waals surface area contributed by atoms with Gasteiger partial charge in [-0.3, -0.25) is 14.7 Å². The Morgan fingerprint density at radius 1 is 1.33 bits per heavy atom. The van der Waals surface area contributed by atoms with Crippen molar-refractivity contribution in [2.75, 3.05) is 6.61 Å². The van der Waals surface area contributed by atoms with Crippen molar-refractivity contribution >= 4 is 5.91 Å². The Bertz CT molecular complexity index is 757. The third-order valence-corrected chi connectivity index (χ3v) is 3.11. The number of hydrogen-bond donors (Lipinski definition) is 2. The number of aromatic nitrogens is 2. The molecule has 0 aliphatic rings. The van der Waals surface area contributed by atoms with Gasteiger partial charge in [0.1, 0.15) is 11.3 Å². The van der Waals surface area contributed by atoms with Crippen LogP contribution in [0.2, 0.25) is 0 Å². The van der Waals surface area contributed by atoms with E-state index in [1.165, 1.54) is 30.5 Å². The van der Waals surface area contributed by atoms with Crippen LogP contribution in [0, 0.1) is 0 Å². The SMILES string of the molecule is CC(NC(=O)c1c[nH]ncc1=O)c1ccc(OCC(F)(F)F)cc1. The van der Waals surface area contributed by atoms with E-state index in [0.29, 0.717) is 5.56 Å². The van der Waals surface area contributed by atoms with Crippen LogP contribution in [-0.4, -0.2) is 28.9 Å². The Balaban J connectivity index is 2.00. The molecule has 0 radical (unpaired) electrons. The van der Waals surface area contributed by atoms with Gasteiger partial charge in [-0.15, -0.1) is 0 Å². The molecule has 1 amide bonds. The van der Waals surface area contributed by atoms with Crippen molar-refractivity contribution in [1.82, 2.24) is 15.5 Å². The first-order chi connectivity index (χ1) is 11.3. The van der Waals surface area contributed by atoms with E-state index >= 15 is 0 Å². The van der Waals surface area contributed by atoms with E-state index in [4.69, 9.17) is 0 Å². The van der Waals surface area contributed by atoms with E-state index in [1.54, 1.807) is 6.92 Å². The van der Waals surface area contributed by atoms with Crippen LogP contribution in [0.3, 0.4) is 0 Å². The van der Waals surface area contributed by atoms with E-state index in [0.717, 1.165) is 6.20 Å². The first-order valence-electron chi connectivity index (χ1n) is 6.90. The largest absolute Gasteiger partial charge is 0.484 e. The van der Waals surface area contributed by atoms with Gasteiger partial charge in [-0.05, 0) is 24.6 Å². The van der Waals surface area contributed by atoms with Gasteiger partial charge in [0.25, 0.3) is 5.91 Å². The molecule has 9 heteroatoms. The van der Waals surface area contributed by atoms with Crippen LogP contribution in [0.25, 0.3) is 0 Å². The molecule has 2 aromatic rings. The molecule has 128 valence electrons. The summed E-state index contributed by atoms with van der Waals surface area (Å²) < 4.78 is 40.8. The molecule has 1 aromatic heterocycles. The smallest absolute Gasteiger partial charge is 0.422 e. The first kappa shape index (κ1) is 17.5. The van der Waals surface area contributed by atoms with Crippen molar-refractivity contribution < 1.29 is 22.7 Å². The number of carbonyl (C=O) groups is 1. The fraction of sp³-hybridized carbons (Fsp3) is 0.267. The molecule has 24 heavy (non-hydrogen) atoms. The molecule has 0 aliphatic heterocycles. The third-order valence-electron chi connectivity index (χ3n) is 3.11. The topological polar surface area (TPSA) is 84.1 Å². The molecule has 0 aliphatic carbocycles. The van der Waals surface area contributed by atoms with Crippen molar-refractivity contribution in [1.29, 1.82) is 0 Å². The number of nitrogens with zero attached hydrogens (tertiary/aromatic N) is 1. The zero-order valence-corrected chi connectivity index (χ0v) is 12.6. The monoisotopic (exact) mass is 341 g/mol. The molecule has 0 bridgehead atoms. The number of hydrogen-bond acceptors (Lipinski definition) is 4. The average molecular weight is 341 g/mol. The van der Waals surface area contributed by atoms with E-state index in [9.17, 15) is 22.8 Å². The maximum absolute atomic E-state index is 12.1. The number of benzene rings is 1. The van der Waals surface area contributed by atoms with Gasteiger partial charge in [0.2, 0.25) is 5.43 Å². The number of H-pyrrole nitrogens is 1. The summed E-state index contributed by atoms with van der Waals surface area (Å²) in [5.74, 6) is -0.510. The number of halogens is 3. The van der Waals surface area contributed by atoms with Crippen LogP contribution < -0.4 is 15.5 Å². The van der Waals surface area contributed by atoms with Crippen molar-refractivity contribution in [3.63, 3.8) is 0 Å². The van der Waals surface area contributed by atoms with E-state index in [2.05, 4.69) is 20.3 Å². The summed E-state index contributed by atoms with van der Waals surface area (Å²) in [5.41, 5.74) is 0.0459. The lowest BCUT2D eigenvalue weighted by molar-refractivity contribution is -0.153. The van der Waals surface area contributed by atoms with Crippen molar-refractivity contribution in [3.05, 3.63) is 58.0 Å². The van der Waals surface area contributed by atoms with Gasteiger partial charge in [0.05, 0.1) is 12.2 Å². The predicted molar refractivity (Wildman–Crippen MR) is 78.7 cm³/mol. The Kier molecular flexibility index (Phi) is 5.22. The molecule has 6 nitrogen and oxygen atoms in total. The Morgan fingerprint density at radius 3 is 2.58 bits per heavy atom. The molecule has 0 saturated carbocycles. The number of aromatic amines is 1. The molecular weight excluding hydrogens is 327 g/mol. The number of carbonyl (C=O) groups excluding carboxylic acids is 1. The summed E-state index contributed by atoms with van der Waals surface area (Å²) in [5, 5.41) is 8.53. The van der Waals surface area contributed by atoms with E-state index in [-0.39, 0.29) is 11.3 Å². The highest BCUT2D eigenvalue weighted by atomic mass is 19.4. The molecule has 2 N–H and O–H groups in total. The number of alkyl halides is 3. The molecular formula is C15H14F3N3O3. The number of nitrogens with one attached hydrogen (secondary N) is 2. The Hall–Kier alpha value is -2.84. The van der Waals surface area contributed by atoms with Crippen LogP contribution in [0.4, 0.5) is 13.2 Å². The van der Waals surface area contributed by atoms with E-state index < -0.39 is 30.2 Å². The summed E-state index contributed by atoms with van der Waals surface area (Å²) in [6.07, 6.45) is -2.22. The Morgan fingerprint density at radius 2 is 2.00 bits per heavy atom. The summed E-state index contributed by atoms with van der Waals surface area (Å²) in [6, 6.07) is 5.37. The third kappa shape index (κ3) is 4.83. The fourth-order valence-electron chi connectivity index (χ4n) is 1.89. The second-order valence-electron chi connectivity index (χ2n) is 4.98. The van der Waals surface area contributed by atoms with Gasteiger partial charge in [0, 0.05) is 6.20 Å². The fourth-order valence-corrected chi connectivity index (χ4v) is 1.89. The highest BCUT2D eigenvalue weighted by molar-refractivity contribution is 5.93. The van der Waals surface area contributed by atoms with E-state index in [1.807, 2.05) is 0 Å². The van der Waals surface area contributed by atoms with Crippen LogP contribution >= 0.6 is 0 Å². The van der Waals surface area contributed by atoms with Crippen molar-refractivity contribution in [2.24, 2.45) is 0 Å². The lowest BCUT2D eigenvalue weighted by Gasteiger charge is -2.15. The van der Waals surface area contributed by atoms with Crippen molar-refractivity contribution in [3.8, 4) is 5.75 Å². The van der Waals surface area contributed by atoms with Gasteiger partial charge in [0.15, 0.2) is 6.61 Å². The second-order valence-corrected chi connectivity index (χ2v) is 4.98. The molecule has 0 saturated heterocycles. The zero-order valence-electron chi connectivity index (χ0n) is 12.6. The normalized spacial score (nSPS) is 12.5. The van der Waals surface area contributed by atoms with Crippen LogP contribution in [-0.2, 0) is 0 Å². The molecule has 1 unspecified atom stereocenters. The highest BCUT2D eigenvalue weighted by Gasteiger charge is 2.28. The molecule has 0 spiro atoms.